The van der Waals surface area contributed by atoms with E-state index in [4.69, 9.17) is 18.9 Å². The molecule has 1 N–H and O–H groups in total. The first-order chi connectivity index (χ1) is 11.6. The summed E-state index contributed by atoms with van der Waals surface area (Å²) in [5, 5.41) is 0. The van der Waals surface area contributed by atoms with E-state index in [-0.39, 0.29) is 18.0 Å². The van der Waals surface area contributed by atoms with Crippen LogP contribution in [0, 0.1) is 0 Å². The molecule has 128 valence electrons. The Morgan fingerprint density at radius 2 is 1.79 bits per heavy atom. The molecule has 24 heavy (non-hydrogen) atoms. The highest BCUT2D eigenvalue weighted by Gasteiger charge is 2.22. The van der Waals surface area contributed by atoms with Gasteiger partial charge >= 0.3 is 5.97 Å². The van der Waals surface area contributed by atoms with Crippen molar-refractivity contribution in [3.05, 3.63) is 29.6 Å². The molecule has 7 heteroatoms. The molecule has 0 radical (unpaired) electrons. The Hall–Kier alpha value is -2.96. The monoisotopic (exact) mass is 333 g/mol. The number of carbonyl (C=O) groups excluding carboxylic acids is 2. The number of hydrogen-bond acceptors (Lipinski definition) is 6. The standard InChI is InChI=1S/C17H19NO6/c1-5-24-17(20)12-8-11(13(9-19)18-12)10-6-7-14(21-2)16(23-4)15(10)22-3/h6-9,18H,5H2,1-4H3. The predicted octanol–water partition coefficient (Wildman–Crippen LogP) is 2.70. The van der Waals surface area contributed by atoms with Crippen molar-refractivity contribution in [2.75, 3.05) is 27.9 Å². The molecular formula is C17H19NO6. The summed E-state index contributed by atoms with van der Waals surface area (Å²) in [7, 11) is 4.50. The molecule has 0 unspecified atom stereocenters. The van der Waals surface area contributed by atoms with Gasteiger partial charge in [0.1, 0.15) is 5.69 Å². The van der Waals surface area contributed by atoms with E-state index < -0.39 is 5.97 Å². The quantitative estimate of drug-likeness (QED) is 0.619. The van der Waals surface area contributed by atoms with Gasteiger partial charge in [0.05, 0.1) is 33.6 Å². The number of rotatable bonds is 7. The minimum atomic E-state index is -0.536. The Bertz CT molecular complexity index is 750. The Kier molecular flexibility index (Phi) is 5.47. The average Bonchev–Trinajstić information content (AvgIpc) is 3.04. The van der Waals surface area contributed by atoms with Crippen molar-refractivity contribution >= 4 is 12.3 Å². The maximum absolute atomic E-state index is 11.9. The van der Waals surface area contributed by atoms with E-state index in [1.807, 2.05) is 0 Å². The number of hydrogen-bond donors (Lipinski definition) is 1. The Morgan fingerprint density at radius 1 is 1.08 bits per heavy atom. The van der Waals surface area contributed by atoms with Crippen LogP contribution in [0.5, 0.6) is 17.2 Å². The van der Waals surface area contributed by atoms with Crippen LogP contribution in [-0.4, -0.2) is 45.2 Å². The van der Waals surface area contributed by atoms with Crippen molar-refractivity contribution in [1.82, 2.24) is 4.98 Å². The van der Waals surface area contributed by atoms with Crippen LogP contribution >= 0.6 is 0 Å². The lowest BCUT2D eigenvalue weighted by molar-refractivity contribution is 0.0520. The van der Waals surface area contributed by atoms with E-state index in [1.165, 1.54) is 21.3 Å². The van der Waals surface area contributed by atoms with E-state index in [0.29, 0.717) is 34.7 Å². The molecule has 0 aliphatic carbocycles. The zero-order chi connectivity index (χ0) is 17.7. The van der Waals surface area contributed by atoms with Crippen LogP contribution in [0.1, 0.15) is 27.9 Å². The number of nitrogens with one attached hydrogen (secondary N) is 1. The molecule has 0 bridgehead atoms. The highest BCUT2D eigenvalue weighted by molar-refractivity contribution is 5.96. The number of ether oxygens (including phenoxy) is 4. The van der Waals surface area contributed by atoms with Crippen molar-refractivity contribution in [3.8, 4) is 28.4 Å². The summed E-state index contributed by atoms with van der Waals surface area (Å²) in [6.45, 7) is 1.95. The van der Waals surface area contributed by atoms with Gasteiger partial charge in [0, 0.05) is 11.1 Å². The van der Waals surface area contributed by atoms with Gasteiger partial charge in [0.15, 0.2) is 17.8 Å². The van der Waals surface area contributed by atoms with Crippen LogP contribution in [0.3, 0.4) is 0 Å². The molecule has 2 aromatic rings. The molecule has 0 aliphatic heterocycles. The third-order valence-electron chi connectivity index (χ3n) is 3.46. The summed E-state index contributed by atoms with van der Waals surface area (Å²) < 4.78 is 21.0. The van der Waals surface area contributed by atoms with E-state index >= 15 is 0 Å². The molecule has 0 saturated heterocycles. The van der Waals surface area contributed by atoms with Gasteiger partial charge in [-0.1, -0.05) is 0 Å². The Balaban J connectivity index is 2.63. The topological polar surface area (TPSA) is 86.8 Å². The van der Waals surface area contributed by atoms with Gasteiger partial charge in [-0.2, -0.15) is 0 Å². The van der Waals surface area contributed by atoms with Crippen LogP contribution in [-0.2, 0) is 4.74 Å². The zero-order valence-corrected chi connectivity index (χ0v) is 14.0. The van der Waals surface area contributed by atoms with Crippen molar-refractivity contribution in [3.63, 3.8) is 0 Å². The highest BCUT2D eigenvalue weighted by atomic mass is 16.5. The van der Waals surface area contributed by atoms with E-state index in [1.54, 1.807) is 25.1 Å². The Morgan fingerprint density at radius 3 is 2.33 bits per heavy atom. The maximum Gasteiger partial charge on any atom is 0.354 e. The smallest absolute Gasteiger partial charge is 0.354 e. The third kappa shape index (κ3) is 3.05. The number of aromatic nitrogens is 1. The number of benzene rings is 1. The van der Waals surface area contributed by atoms with E-state index in [2.05, 4.69) is 4.98 Å². The summed E-state index contributed by atoms with van der Waals surface area (Å²) in [5.41, 5.74) is 1.52. The van der Waals surface area contributed by atoms with E-state index in [0.717, 1.165) is 0 Å². The fourth-order valence-corrected chi connectivity index (χ4v) is 2.42. The van der Waals surface area contributed by atoms with Crippen molar-refractivity contribution in [2.45, 2.75) is 6.92 Å². The number of aromatic amines is 1. The molecule has 0 saturated carbocycles. The number of methoxy groups -OCH3 is 3. The molecule has 7 nitrogen and oxygen atoms in total. The molecular weight excluding hydrogens is 314 g/mol. The molecule has 0 amide bonds. The summed E-state index contributed by atoms with van der Waals surface area (Å²) in [6.07, 6.45) is 0.633. The molecule has 1 heterocycles. The van der Waals surface area contributed by atoms with Gasteiger partial charge in [0.2, 0.25) is 5.75 Å². The lowest BCUT2D eigenvalue weighted by atomic mass is 10.0. The fraction of sp³-hybridized carbons (Fsp3) is 0.294. The van der Waals surface area contributed by atoms with Crippen molar-refractivity contribution < 1.29 is 28.5 Å². The average molecular weight is 333 g/mol. The highest BCUT2D eigenvalue weighted by Crippen LogP contribution is 2.45. The summed E-state index contributed by atoms with van der Waals surface area (Å²) >= 11 is 0. The van der Waals surface area contributed by atoms with E-state index in [9.17, 15) is 9.59 Å². The molecule has 0 spiro atoms. The second-order valence-electron chi connectivity index (χ2n) is 4.73. The number of aldehydes is 1. The summed E-state index contributed by atoms with van der Waals surface area (Å²) in [6, 6.07) is 4.97. The minimum Gasteiger partial charge on any atom is -0.493 e. The van der Waals surface area contributed by atoms with Crippen LogP contribution in [0.2, 0.25) is 0 Å². The molecule has 2 rings (SSSR count). The third-order valence-corrected chi connectivity index (χ3v) is 3.46. The first-order valence-electron chi connectivity index (χ1n) is 7.25. The van der Waals surface area contributed by atoms with Gasteiger partial charge in [0.25, 0.3) is 0 Å². The van der Waals surface area contributed by atoms with Crippen LogP contribution < -0.4 is 14.2 Å². The van der Waals surface area contributed by atoms with Gasteiger partial charge in [-0.25, -0.2) is 4.79 Å². The van der Waals surface area contributed by atoms with Crippen LogP contribution in [0.4, 0.5) is 0 Å². The molecule has 0 aliphatic rings. The number of esters is 1. The molecule has 1 aromatic heterocycles. The molecule has 1 aromatic carbocycles. The zero-order valence-electron chi connectivity index (χ0n) is 14.0. The first kappa shape index (κ1) is 17.4. The lowest BCUT2D eigenvalue weighted by Crippen LogP contribution is -2.04. The van der Waals surface area contributed by atoms with Crippen LogP contribution in [0.15, 0.2) is 18.2 Å². The summed E-state index contributed by atoms with van der Waals surface area (Å²) in [5.74, 6) is 0.751. The van der Waals surface area contributed by atoms with Crippen LogP contribution in [0.25, 0.3) is 11.1 Å². The van der Waals surface area contributed by atoms with Crippen molar-refractivity contribution in [2.24, 2.45) is 0 Å². The second kappa shape index (κ2) is 7.54. The van der Waals surface area contributed by atoms with Crippen molar-refractivity contribution in [1.29, 1.82) is 0 Å². The van der Waals surface area contributed by atoms with Gasteiger partial charge in [-0.15, -0.1) is 0 Å². The Labute approximate surface area is 139 Å². The fourth-order valence-electron chi connectivity index (χ4n) is 2.42. The van der Waals surface area contributed by atoms with Gasteiger partial charge < -0.3 is 23.9 Å². The predicted molar refractivity (Wildman–Crippen MR) is 87.2 cm³/mol. The van der Waals surface area contributed by atoms with Gasteiger partial charge in [-0.3, -0.25) is 4.79 Å². The molecule has 0 fully saturated rings. The SMILES string of the molecule is CCOC(=O)c1cc(-c2ccc(OC)c(OC)c2OC)c(C=O)[nH]1. The number of carbonyl (C=O) groups is 2. The number of H-pyrrole nitrogens is 1. The largest absolute Gasteiger partial charge is 0.493 e. The molecule has 0 atom stereocenters. The lowest BCUT2D eigenvalue weighted by Gasteiger charge is -2.15. The summed E-state index contributed by atoms with van der Waals surface area (Å²) in [4.78, 5) is 26.0. The normalized spacial score (nSPS) is 10.2. The second-order valence-corrected chi connectivity index (χ2v) is 4.73. The minimum absolute atomic E-state index is 0.186. The first-order valence-corrected chi connectivity index (χ1v) is 7.25. The van der Waals surface area contributed by atoms with Gasteiger partial charge in [-0.05, 0) is 25.1 Å². The maximum atomic E-state index is 11.9.